The van der Waals surface area contributed by atoms with Gasteiger partial charge >= 0.3 is 0 Å². The molecular formula is C15H25NO2. The monoisotopic (exact) mass is 251 g/mol. The second kappa shape index (κ2) is 7.98. The Morgan fingerprint density at radius 3 is 2.17 bits per heavy atom. The lowest BCUT2D eigenvalue weighted by Crippen LogP contribution is -2.22. The molecule has 0 saturated heterocycles. The molecule has 0 amide bonds. The molecule has 0 radical (unpaired) electrons. The third-order valence-electron chi connectivity index (χ3n) is 3.11. The highest BCUT2D eigenvalue weighted by molar-refractivity contribution is 5.47. The van der Waals surface area contributed by atoms with E-state index in [0.29, 0.717) is 6.04 Å². The van der Waals surface area contributed by atoms with E-state index in [-0.39, 0.29) is 0 Å². The number of hydrogen-bond donors (Lipinski definition) is 1. The van der Waals surface area contributed by atoms with Crippen LogP contribution in [0.4, 0.5) is 0 Å². The predicted molar refractivity (Wildman–Crippen MR) is 75.5 cm³/mol. The molecule has 0 fully saturated rings. The zero-order valence-corrected chi connectivity index (χ0v) is 12.0. The number of ether oxygens (including phenoxy) is 2. The maximum atomic E-state index is 5.48. The molecule has 0 aliphatic carbocycles. The molecule has 0 aromatic heterocycles. The molecule has 3 nitrogen and oxygen atoms in total. The molecule has 0 saturated carbocycles. The van der Waals surface area contributed by atoms with Gasteiger partial charge < -0.3 is 14.8 Å². The Labute approximate surface area is 110 Å². The van der Waals surface area contributed by atoms with Gasteiger partial charge in [-0.25, -0.2) is 0 Å². The molecule has 1 aromatic carbocycles. The standard InChI is InChI=1S/C15H25NO2/c1-5-7-9-12(16-6-2)15-13(17-3)10-8-11-14(15)18-4/h8,10-12,16H,5-7,9H2,1-4H3. The molecule has 0 heterocycles. The topological polar surface area (TPSA) is 30.5 Å². The van der Waals surface area contributed by atoms with E-state index in [1.54, 1.807) is 14.2 Å². The molecule has 18 heavy (non-hydrogen) atoms. The molecule has 1 unspecified atom stereocenters. The lowest BCUT2D eigenvalue weighted by molar-refractivity contribution is 0.365. The van der Waals surface area contributed by atoms with Crippen molar-refractivity contribution in [3.05, 3.63) is 23.8 Å². The molecule has 0 bridgehead atoms. The van der Waals surface area contributed by atoms with Gasteiger partial charge in [0.05, 0.1) is 19.8 Å². The fourth-order valence-corrected chi connectivity index (χ4v) is 2.23. The largest absolute Gasteiger partial charge is 0.496 e. The van der Waals surface area contributed by atoms with Crippen LogP contribution in [0, 0.1) is 0 Å². The molecule has 3 heteroatoms. The van der Waals surface area contributed by atoms with Gasteiger partial charge in [0.25, 0.3) is 0 Å². The minimum Gasteiger partial charge on any atom is -0.496 e. The minimum atomic E-state index is 0.293. The van der Waals surface area contributed by atoms with E-state index in [0.717, 1.165) is 30.0 Å². The Morgan fingerprint density at radius 1 is 1.11 bits per heavy atom. The van der Waals surface area contributed by atoms with Crippen LogP contribution < -0.4 is 14.8 Å². The fraction of sp³-hybridized carbons (Fsp3) is 0.600. The van der Waals surface area contributed by atoms with Crippen molar-refractivity contribution in [2.45, 2.75) is 39.2 Å². The van der Waals surface area contributed by atoms with Crippen molar-refractivity contribution in [2.24, 2.45) is 0 Å². The number of benzene rings is 1. The number of nitrogens with one attached hydrogen (secondary N) is 1. The molecule has 1 rings (SSSR count). The minimum absolute atomic E-state index is 0.293. The van der Waals surface area contributed by atoms with E-state index < -0.39 is 0 Å². The average molecular weight is 251 g/mol. The SMILES string of the molecule is CCCCC(NCC)c1c(OC)cccc1OC. The van der Waals surface area contributed by atoms with Crippen LogP contribution in [0.2, 0.25) is 0 Å². The molecular weight excluding hydrogens is 226 g/mol. The van der Waals surface area contributed by atoms with Crippen LogP contribution in [0.15, 0.2) is 18.2 Å². The number of rotatable bonds is 8. The lowest BCUT2D eigenvalue weighted by atomic mass is 9.99. The molecule has 1 atom stereocenters. The fourth-order valence-electron chi connectivity index (χ4n) is 2.23. The van der Waals surface area contributed by atoms with Crippen LogP contribution in [0.25, 0.3) is 0 Å². The highest BCUT2D eigenvalue weighted by atomic mass is 16.5. The van der Waals surface area contributed by atoms with E-state index in [1.165, 1.54) is 12.8 Å². The third-order valence-corrected chi connectivity index (χ3v) is 3.11. The summed E-state index contributed by atoms with van der Waals surface area (Å²) in [5.74, 6) is 1.80. The molecule has 0 aliphatic rings. The van der Waals surface area contributed by atoms with E-state index >= 15 is 0 Å². The predicted octanol–water partition coefficient (Wildman–Crippen LogP) is 3.54. The zero-order chi connectivity index (χ0) is 13.4. The van der Waals surface area contributed by atoms with Crippen LogP contribution >= 0.6 is 0 Å². The van der Waals surface area contributed by atoms with Gasteiger partial charge in [-0.15, -0.1) is 0 Å². The first-order valence-corrected chi connectivity index (χ1v) is 6.72. The normalized spacial score (nSPS) is 12.2. The van der Waals surface area contributed by atoms with Gasteiger partial charge in [0, 0.05) is 6.04 Å². The summed E-state index contributed by atoms with van der Waals surface area (Å²) in [7, 11) is 3.42. The Kier molecular flexibility index (Phi) is 6.58. The van der Waals surface area contributed by atoms with Crippen LogP contribution in [0.1, 0.15) is 44.7 Å². The molecule has 1 N–H and O–H groups in total. The van der Waals surface area contributed by atoms with Crippen molar-refractivity contribution in [3.8, 4) is 11.5 Å². The Morgan fingerprint density at radius 2 is 1.72 bits per heavy atom. The van der Waals surface area contributed by atoms with Crippen LogP contribution in [0.3, 0.4) is 0 Å². The first-order valence-electron chi connectivity index (χ1n) is 6.72. The second-order valence-electron chi connectivity index (χ2n) is 4.33. The number of hydrogen-bond acceptors (Lipinski definition) is 3. The molecule has 1 aromatic rings. The number of unbranched alkanes of at least 4 members (excludes halogenated alkanes) is 1. The van der Waals surface area contributed by atoms with Crippen molar-refractivity contribution in [1.29, 1.82) is 0 Å². The van der Waals surface area contributed by atoms with Gasteiger partial charge in [0.1, 0.15) is 11.5 Å². The summed E-state index contributed by atoms with van der Waals surface area (Å²) in [6.07, 6.45) is 3.49. The third kappa shape index (κ3) is 3.64. The summed E-state index contributed by atoms with van der Waals surface area (Å²) in [5.41, 5.74) is 1.14. The van der Waals surface area contributed by atoms with Crippen LogP contribution in [0.5, 0.6) is 11.5 Å². The van der Waals surface area contributed by atoms with Gasteiger partial charge in [-0.1, -0.05) is 32.8 Å². The van der Waals surface area contributed by atoms with Gasteiger partial charge in [0.15, 0.2) is 0 Å². The van der Waals surface area contributed by atoms with E-state index in [9.17, 15) is 0 Å². The maximum absolute atomic E-state index is 5.48. The van der Waals surface area contributed by atoms with Crippen molar-refractivity contribution < 1.29 is 9.47 Å². The second-order valence-corrected chi connectivity index (χ2v) is 4.33. The maximum Gasteiger partial charge on any atom is 0.127 e. The van der Waals surface area contributed by atoms with Crippen LogP contribution in [-0.2, 0) is 0 Å². The molecule has 0 aliphatic heterocycles. The van der Waals surface area contributed by atoms with Crippen LogP contribution in [-0.4, -0.2) is 20.8 Å². The lowest BCUT2D eigenvalue weighted by Gasteiger charge is -2.22. The Balaban J connectivity index is 3.06. The van der Waals surface area contributed by atoms with Gasteiger partial charge in [-0.2, -0.15) is 0 Å². The molecule has 102 valence electrons. The van der Waals surface area contributed by atoms with Crippen molar-refractivity contribution in [2.75, 3.05) is 20.8 Å². The first-order chi connectivity index (χ1) is 8.78. The van der Waals surface area contributed by atoms with Crippen molar-refractivity contribution in [3.63, 3.8) is 0 Å². The summed E-state index contributed by atoms with van der Waals surface area (Å²) in [6, 6.07) is 6.24. The Hall–Kier alpha value is -1.22. The first kappa shape index (κ1) is 14.8. The Bertz CT molecular complexity index is 330. The summed E-state index contributed by atoms with van der Waals surface area (Å²) in [4.78, 5) is 0. The summed E-state index contributed by atoms with van der Waals surface area (Å²) < 4.78 is 11.0. The van der Waals surface area contributed by atoms with Crippen molar-refractivity contribution >= 4 is 0 Å². The average Bonchev–Trinajstić information content (AvgIpc) is 2.42. The van der Waals surface area contributed by atoms with Gasteiger partial charge in [0.2, 0.25) is 0 Å². The van der Waals surface area contributed by atoms with E-state index in [2.05, 4.69) is 19.2 Å². The number of methoxy groups -OCH3 is 2. The van der Waals surface area contributed by atoms with Crippen molar-refractivity contribution in [1.82, 2.24) is 5.32 Å². The van der Waals surface area contributed by atoms with E-state index in [1.807, 2.05) is 18.2 Å². The molecule has 0 spiro atoms. The zero-order valence-electron chi connectivity index (χ0n) is 12.0. The summed E-state index contributed by atoms with van der Waals surface area (Å²) in [6.45, 7) is 5.28. The smallest absolute Gasteiger partial charge is 0.127 e. The highest BCUT2D eigenvalue weighted by Crippen LogP contribution is 2.36. The van der Waals surface area contributed by atoms with Gasteiger partial charge in [-0.05, 0) is 25.1 Å². The summed E-state index contributed by atoms with van der Waals surface area (Å²) >= 11 is 0. The summed E-state index contributed by atoms with van der Waals surface area (Å²) in [5, 5.41) is 3.52. The van der Waals surface area contributed by atoms with E-state index in [4.69, 9.17) is 9.47 Å². The quantitative estimate of drug-likeness (QED) is 0.766. The highest BCUT2D eigenvalue weighted by Gasteiger charge is 2.19. The van der Waals surface area contributed by atoms with Gasteiger partial charge in [-0.3, -0.25) is 0 Å².